The van der Waals surface area contributed by atoms with E-state index in [0.29, 0.717) is 17.0 Å². The third-order valence-electron chi connectivity index (χ3n) is 4.71. The number of rotatable bonds is 6. The van der Waals surface area contributed by atoms with Crippen LogP contribution in [-0.2, 0) is 23.0 Å². The van der Waals surface area contributed by atoms with Gasteiger partial charge in [0.05, 0.1) is 12.0 Å². The highest BCUT2D eigenvalue weighted by molar-refractivity contribution is 7.89. The molecule has 0 fully saturated rings. The normalized spacial score (nSPS) is 16.1. The highest BCUT2D eigenvalue weighted by Crippen LogP contribution is 2.36. The number of nitrogens with zero attached hydrogens (tertiary/aromatic N) is 1. The summed E-state index contributed by atoms with van der Waals surface area (Å²) in [6.45, 7) is 4.35. The van der Waals surface area contributed by atoms with Gasteiger partial charge in [-0.2, -0.15) is 0 Å². The lowest BCUT2D eigenvalue weighted by Crippen LogP contribution is -2.23. The van der Waals surface area contributed by atoms with E-state index in [2.05, 4.69) is 5.32 Å². The van der Waals surface area contributed by atoms with Gasteiger partial charge in [-0.15, -0.1) is 0 Å². The number of fused-ring (bicyclic) bond motifs is 1. The van der Waals surface area contributed by atoms with Crippen LogP contribution >= 0.6 is 0 Å². The van der Waals surface area contributed by atoms with Gasteiger partial charge in [-0.25, -0.2) is 12.7 Å². The maximum Gasteiger partial charge on any atom is 0.242 e. The molecule has 2 aromatic carbocycles. The molecule has 1 heterocycles. The first-order valence-corrected chi connectivity index (χ1v) is 10.3. The average molecular weight is 391 g/mol. The Hall–Kier alpha value is -2.25. The number of sulfonamides is 1. The average Bonchev–Trinajstić information content (AvgIpc) is 3.00. The summed E-state index contributed by atoms with van der Waals surface area (Å²) in [6, 6.07) is 9.33. The van der Waals surface area contributed by atoms with Crippen LogP contribution < -0.4 is 14.8 Å². The predicted molar refractivity (Wildman–Crippen MR) is 106 cm³/mol. The van der Waals surface area contributed by atoms with E-state index in [4.69, 9.17) is 9.47 Å². The Kier molecular flexibility index (Phi) is 5.35. The van der Waals surface area contributed by atoms with Crippen LogP contribution in [-0.4, -0.2) is 40.0 Å². The van der Waals surface area contributed by atoms with Gasteiger partial charge in [0.15, 0.2) is 0 Å². The van der Waals surface area contributed by atoms with Crippen LogP contribution in [0.4, 0.5) is 5.69 Å². The fourth-order valence-corrected chi connectivity index (χ4v) is 4.35. The van der Waals surface area contributed by atoms with Crippen LogP contribution in [0.1, 0.15) is 23.6 Å². The minimum atomic E-state index is -3.49. The summed E-state index contributed by atoms with van der Waals surface area (Å²) in [4.78, 5) is 0.304. The topological polar surface area (TPSA) is 67.9 Å². The van der Waals surface area contributed by atoms with Crippen molar-refractivity contribution in [2.24, 2.45) is 0 Å². The zero-order valence-corrected chi connectivity index (χ0v) is 17.2. The zero-order chi connectivity index (χ0) is 19.8. The monoisotopic (exact) mass is 390 g/mol. The molecule has 0 bridgehead atoms. The second kappa shape index (κ2) is 7.40. The number of hydrogen-bond acceptors (Lipinski definition) is 5. The van der Waals surface area contributed by atoms with Crippen LogP contribution in [0.25, 0.3) is 0 Å². The summed E-state index contributed by atoms with van der Waals surface area (Å²) in [5.41, 5.74) is 3.59. The molecule has 1 unspecified atom stereocenters. The molecule has 27 heavy (non-hydrogen) atoms. The van der Waals surface area contributed by atoms with Crippen LogP contribution in [0.5, 0.6) is 11.5 Å². The third-order valence-corrected chi connectivity index (χ3v) is 6.67. The summed E-state index contributed by atoms with van der Waals surface area (Å²) >= 11 is 0. The van der Waals surface area contributed by atoms with E-state index >= 15 is 0 Å². The second-order valence-corrected chi connectivity index (χ2v) is 9.15. The lowest BCUT2D eigenvalue weighted by Gasteiger charge is -2.16. The van der Waals surface area contributed by atoms with E-state index in [1.165, 1.54) is 18.4 Å². The quantitative estimate of drug-likeness (QED) is 0.820. The number of aryl methyl sites for hydroxylation is 1. The summed E-state index contributed by atoms with van der Waals surface area (Å²) in [6.07, 6.45) is 0.997. The van der Waals surface area contributed by atoms with Crippen LogP contribution in [0.2, 0.25) is 0 Å². The molecule has 2 aromatic rings. The summed E-state index contributed by atoms with van der Waals surface area (Å²) in [7, 11) is 1.23. The van der Waals surface area contributed by atoms with E-state index in [-0.39, 0.29) is 6.10 Å². The van der Waals surface area contributed by atoms with Gasteiger partial charge in [-0.05, 0) is 43.7 Å². The van der Waals surface area contributed by atoms with Gasteiger partial charge >= 0.3 is 0 Å². The summed E-state index contributed by atoms with van der Waals surface area (Å²) < 4.78 is 37.6. The Balaban J connectivity index is 1.88. The van der Waals surface area contributed by atoms with Gasteiger partial charge in [0, 0.05) is 43.9 Å². The van der Waals surface area contributed by atoms with Crippen molar-refractivity contribution in [3.63, 3.8) is 0 Å². The Morgan fingerprint density at radius 3 is 2.67 bits per heavy atom. The molecule has 0 saturated heterocycles. The number of hydrogen-bond donors (Lipinski definition) is 1. The number of nitrogens with one attached hydrogen (secondary N) is 1. The molecule has 7 heteroatoms. The first-order valence-electron chi connectivity index (χ1n) is 8.86. The molecule has 0 amide bonds. The van der Waals surface area contributed by atoms with Crippen LogP contribution in [0.15, 0.2) is 35.2 Å². The van der Waals surface area contributed by atoms with Crippen molar-refractivity contribution < 1.29 is 17.9 Å². The number of anilines is 1. The Morgan fingerprint density at radius 2 is 2.00 bits per heavy atom. The van der Waals surface area contributed by atoms with Crippen LogP contribution in [0, 0.1) is 6.92 Å². The molecular formula is C20H26N2O4S. The van der Waals surface area contributed by atoms with Gasteiger partial charge in [-0.1, -0.05) is 6.07 Å². The van der Waals surface area contributed by atoms with Crippen molar-refractivity contribution in [3.05, 3.63) is 47.0 Å². The van der Waals surface area contributed by atoms with E-state index in [1.807, 2.05) is 31.2 Å². The van der Waals surface area contributed by atoms with Crippen molar-refractivity contribution in [3.8, 4) is 11.5 Å². The molecule has 0 saturated carbocycles. The lowest BCUT2D eigenvalue weighted by molar-refractivity contribution is 0.252. The fourth-order valence-electron chi connectivity index (χ4n) is 3.21. The van der Waals surface area contributed by atoms with Gasteiger partial charge in [0.2, 0.25) is 10.0 Å². The van der Waals surface area contributed by atoms with Crippen molar-refractivity contribution in [1.29, 1.82) is 0 Å². The highest BCUT2D eigenvalue weighted by atomic mass is 32.2. The van der Waals surface area contributed by atoms with Crippen molar-refractivity contribution in [2.75, 3.05) is 26.5 Å². The summed E-state index contributed by atoms with van der Waals surface area (Å²) in [5.74, 6) is 1.69. The van der Waals surface area contributed by atoms with E-state index in [9.17, 15) is 8.42 Å². The first kappa shape index (κ1) is 19.5. The Labute approximate surface area is 161 Å². The second-order valence-electron chi connectivity index (χ2n) is 7.03. The van der Waals surface area contributed by atoms with Crippen molar-refractivity contribution >= 4 is 15.7 Å². The minimum Gasteiger partial charge on any atom is -0.497 e. The molecule has 3 rings (SSSR count). The van der Waals surface area contributed by atoms with E-state index < -0.39 is 10.0 Å². The molecular weight excluding hydrogens is 364 g/mol. The zero-order valence-electron chi connectivity index (χ0n) is 16.4. The molecule has 6 nitrogen and oxygen atoms in total. The van der Waals surface area contributed by atoms with Gasteiger partial charge in [0.1, 0.15) is 17.6 Å². The van der Waals surface area contributed by atoms with Gasteiger partial charge < -0.3 is 14.8 Å². The molecule has 0 spiro atoms. The van der Waals surface area contributed by atoms with Gasteiger partial charge in [-0.3, -0.25) is 0 Å². The number of benzene rings is 2. The van der Waals surface area contributed by atoms with Crippen molar-refractivity contribution in [1.82, 2.24) is 4.31 Å². The lowest BCUT2D eigenvalue weighted by atomic mass is 10.1. The smallest absolute Gasteiger partial charge is 0.242 e. The maximum absolute atomic E-state index is 12.5. The molecule has 1 N–H and O–H groups in total. The molecule has 1 aliphatic heterocycles. The fraction of sp³-hybridized carbons (Fsp3) is 0.400. The molecule has 1 aliphatic rings. The molecule has 1 atom stereocenters. The van der Waals surface area contributed by atoms with Crippen molar-refractivity contribution in [2.45, 2.75) is 37.8 Å². The van der Waals surface area contributed by atoms with E-state index in [1.54, 1.807) is 20.1 Å². The predicted octanol–water partition coefficient (Wildman–Crippen LogP) is 3.19. The standard InChI is InChI=1S/C20H26N2O4S/c1-13-6-7-17(11-19(13)27(23,24)22(3)4)21-12-16-10-18(25-5)9-15-8-14(2)26-20(15)16/h6-7,9-11,14,21H,8,12H2,1-5H3. The number of ether oxygens (including phenoxy) is 2. The van der Waals surface area contributed by atoms with E-state index in [0.717, 1.165) is 34.7 Å². The Morgan fingerprint density at radius 1 is 1.26 bits per heavy atom. The first-order chi connectivity index (χ1) is 12.7. The van der Waals surface area contributed by atoms with Crippen LogP contribution in [0.3, 0.4) is 0 Å². The third kappa shape index (κ3) is 3.89. The Bertz CT molecular complexity index is 955. The molecule has 146 valence electrons. The number of methoxy groups -OCH3 is 1. The highest BCUT2D eigenvalue weighted by Gasteiger charge is 2.24. The molecule has 0 radical (unpaired) electrons. The van der Waals surface area contributed by atoms with Gasteiger partial charge in [0.25, 0.3) is 0 Å². The largest absolute Gasteiger partial charge is 0.497 e. The minimum absolute atomic E-state index is 0.141. The summed E-state index contributed by atoms with van der Waals surface area (Å²) in [5, 5.41) is 3.32. The molecule has 0 aliphatic carbocycles. The maximum atomic E-state index is 12.5. The molecule has 0 aromatic heterocycles. The SMILES string of the molecule is COc1cc(CNc2ccc(C)c(S(=O)(=O)N(C)C)c2)c2c(c1)CC(C)O2.